The number of para-hydroxylation sites is 1. The average Bonchev–Trinajstić information content (AvgIpc) is 3.18. The predicted octanol–water partition coefficient (Wildman–Crippen LogP) is 3.08. The lowest BCUT2D eigenvalue weighted by molar-refractivity contribution is 0.238. The van der Waals surface area contributed by atoms with Crippen molar-refractivity contribution in [1.29, 1.82) is 0 Å². The lowest BCUT2D eigenvalue weighted by atomic mass is 10.0. The maximum atomic E-state index is 5.85. The average molecular weight is 323 g/mol. The molecule has 0 saturated carbocycles. The van der Waals surface area contributed by atoms with Crippen molar-refractivity contribution in [2.45, 2.75) is 25.9 Å². The number of fused-ring (bicyclic) bond motifs is 1. The largest absolute Gasteiger partial charge is 0.492 e. The fourth-order valence-electron chi connectivity index (χ4n) is 3.15. The molecule has 0 aliphatic carbocycles. The summed E-state index contributed by atoms with van der Waals surface area (Å²) in [4.78, 5) is 0. The SMILES string of the molecule is Cc1ccc(-c2nn(C)cc2CNC2COc3ccccc3C2)o1. The molecule has 3 aromatic rings. The Hall–Kier alpha value is -2.53. The third-order valence-electron chi connectivity index (χ3n) is 4.34. The molecule has 0 fully saturated rings. The van der Waals surface area contributed by atoms with Gasteiger partial charge in [-0.2, -0.15) is 5.10 Å². The molecule has 3 heterocycles. The molecule has 4 rings (SSSR count). The monoisotopic (exact) mass is 323 g/mol. The van der Waals surface area contributed by atoms with Crippen LogP contribution in [0.15, 0.2) is 47.0 Å². The maximum absolute atomic E-state index is 5.85. The Labute approximate surface area is 141 Å². The summed E-state index contributed by atoms with van der Waals surface area (Å²) in [6, 6.07) is 12.5. The van der Waals surface area contributed by atoms with E-state index < -0.39 is 0 Å². The van der Waals surface area contributed by atoms with Gasteiger partial charge in [0.15, 0.2) is 5.76 Å². The molecule has 0 amide bonds. The van der Waals surface area contributed by atoms with Crippen LogP contribution in [-0.2, 0) is 20.0 Å². The zero-order valence-electron chi connectivity index (χ0n) is 14.0. The molecule has 0 saturated heterocycles. The Kier molecular flexibility index (Phi) is 3.86. The van der Waals surface area contributed by atoms with Gasteiger partial charge in [0.1, 0.15) is 23.8 Å². The predicted molar refractivity (Wildman–Crippen MR) is 91.9 cm³/mol. The van der Waals surface area contributed by atoms with E-state index in [2.05, 4.69) is 22.5 Å². The second-order valence-electron chi connectivity index (χ2n) is 6.29. The number of ether oxygens (including phenoxy) is 1. The fraction of sp³-hybridized carbons (Fsp3) is 0.316. The van der Waals surface area contributed by atoms with Crippen molar-refractivity contribution in [3.63, 3.8) is 0 Å². The minimum atomic E-state index is 0.297. The van der Waals surface area contributed by atoms with Crippen LogP contribution in [0.2, 0.25) is 0 Å². The number of aromatic nitrogens is 2. The zero-order chi connectivity index (χ0) is 16.5. The third-order valence-corrected chi connectivity index (χ3v) is 4.34. The topological polar surface area (TPSA) is 52.2 Å². The van der Waals surface area contributed by atoms with Crippen LogP contribution in [0.4, 0.5) is 0 Å². The summed E-state index contributed by atoms with van der Waals surface area (Å²) in [5, 5.41) is 8.13. The van der Waals surface area contributed by atoms with Gasteiger partial charge >= 0.3 is 0 Å². The van der Waals surface area contributed by atoms with Crippen molar-refractivity contribution >= 4 is 0 Å². The van der Waals surface area contributed by atoms with Crippen molar-refractivity contribution in [3.05, 3.63) is 59.5 Å². The summed E-state index contributed by atoms with van der Waals surface area (Å²) in [5.41, 5.74) is 3.29. The van der Waals surface area contributed by atoms with Gasteiger partial charge in [0, 0.05) is 31.4 Å². The third kappa shape index (κ3) is 2.95. The summed E-state index contributed by atoms with van der Waals surface area (Å²) in [6.45, 7) is 3.37. The molecular formula is C19H21N3O2. The standard InChI is InChI=1S/C19H21N3O2/c1-13-7-8-18(24-13)19-15(11-22(2)21-19)10-20-16-9-14-5-3-4-6-17(14)23-12-16/h3-8,11,16,20H,9-10,12H2,1-2H3. The summed E-state index contributed by atoms with van der Waals surface area (Å²) in [7, 11) is 1.93. The van der Waals surface area contributed by atoms with E-state index in [0.29, 0.717) is 12.6 Å². The van der Waals surface area contributed by atoms with Gasteiger partial charge in [-0.3, -0.25) is 4.68 Å². The molecule has 5 heteroatoms. The van der Waals surface area contributed by atoms with Crippen molar-refractivity contribution in [2.24, 2.45) is 7.05 Å². The fourth-order valence-corrected chi connectivity index (χ4v) is 3.15. The molecule has 1 aromatic carbocycles. The van der Waals surface area contributed by atoms with Gasteiger partial charge in [-0.25, -0.2) is 0 Å². The summed E-state index contributed by atoms with van der Waals surface area (Å²) in [6.07, 6.45) is 3.02. The van der Waals surface area contributed by atoms with Gasteiger partial charge in [0.25, 0.3) is 0 Å². The zero-order valence-corrected chi connectivity index (χ0v) is 14.0. The number of hydrogen-bond acceptors (Lipinski definition) is 4. The van der Waals surface area contributed by atoms with Crippen molar-refractivity contribution < 1.29 is 9.15 Å². The van der Waals surface area contributed by atoms with Crippen LogP contribution < -0.4 is 10.1 Å². The van der Waals surface area contributed by atoms with E-state index in [1.807, 2.05) is 49.1 Å². The van der Waals surface area contributed by atoms with E-state index in [9.17, 15) is 0 Å². The quantitative estimate of drug-likeness (QED) is 0.802. The maximum Gasteiger partial charge on any atom is 0.154 e. The number of nitrogens with zero attached hydrogens (tertiary/aromatic N) is 2. The second kappa shape index (κ2) is 6.17. The van der Waals surface area contributed by atoms with Crippen LogP contribution in [-0.4, -0.2) is 22.4 Å². The van der Waals surface area contributed by atoms with Crippen molar-refractivity contribution in [2.75, 3.05) is 6.61 Å². The molecule has 5 nitrogen and oxygen atoms in total. The van der Waals surface area contributed by atoms with Crippen LogP contribution in [0.5, 0.6) is 5.75 Å². The highest BCUT2D eigenvalue weighted by Crippen LogP contribution is 2.26. The first-order chi connectivity index (χ1) is 11.7. The lowest BCUT2D eigenvalue weighted by Gasteiger charge is -2.26. The second-order valence-corrected chi connectivity index (χ2v) is 6.29. The first kappa shape index (κ1) is 15.0. The molecule has 1 aliphatic rings. The molecule has 124 valence electrons. The minimum Gasteiger partial charge on any atom is -0.492 e. The Balaban J connectivity index is 1.47. The Morgan fingerprint density at radius 2 is 2.12 bits per heavy atom. The highest BCUT2D eigenvalue weighted by atomic mass is 16.5. The number of nitrogens with one attached hydrogen (secondary N) is 1. The normalized spacial score (nSPS) is 16.7. The number of hydrogen-bond donors (Lipinski definition) is 1. The van der Waals surface area contributed by atoms with E-state index >= 15 is 0 Å². The number of benzene rings is 1. The molecule has 0 bridgehead atoms. The van der Waals surface area contributed by atoms with Gasteiger partial charge in [0.2, 0.25) is 0 Å². The molecule has 1 aliphatic heterocycles. The molecule has 24 heavy (non-hydrogen) atoms. The van der Waals surface area contributed by atoms with Crippen LogP contribution in [0.3, 0.4) is 0 Å². The van der Waals surface area contributed by atoms with Crippen LogP contribution in [0.1, 0.15) is 16.9 Å². The Bertz CT molecular complexity index is 850. The van der Waals surface area contributed by atoms with Gasteiger partial charge in [-0.15, -0.1) is 0 Å². The van der Waals surface area contributed by atoms with Crippen molar-refractivity contribution in [3.8, 4) is 17.2 Å². The van der Waals surface area contributed by atoms with Crippen LogP contribution in [0.25, 0.3) is 11.5 Å². The number of furan rings is 1. The highest BCUT2D eigenvalue weighted by molar-refractivity contribution is 5.56. The molecule has 0 spiro atoms. The summed E-state index contributed by atoms with van der Waals surface area (Å²) >= 11 is 0. The van der Waals surface area contributed by atoms with Gasteiger partial charge in [0.05, 0.1) is 0 Å². The van der Waals surface area contributed by atoms with Gasteiger partial charge in [-0.1, -0.05) is 18.2 Å². The summed E-state index contributed by atoms with van der Waals surface area (Å²) in [5.74, 6) is 2.71. The smallest absolute Gasteiger partial charge is 0.154 e. The van der Waals surface area contributed by atoms with Crippen molar-refractivity contribution in [1.82, 2.24) is 15.1 Å². The van der Waals surface area contributed by atoms with E-state index in [1.54, 1.807) is 0 Å². The lowest BCUT2D eigenvalue weighted by Crippen LogP contribution is -2.38. The van der Waals surface area contributed by atoms with Gasteiger partial charge < -0.3 is 14.5 Å². The first-order valence-corrected chi connectivity index (χ1v) is 8.22. The highest BCUT2D eigenvalue weighted by Gasteiger charge is 2.20. The molecule has 1 N–H and O–H groups in total. The first-order valence-electron chi connectivity index (χ1n) is 8.22. The molecule has 0 radical (unpaired) electrons. The van der Waals surface area contributed by atoms with E-state index in [0.717, 1.165) is 41.5 Å². The Morgan fingerprint density at radius 3 is 2.96 bits per heavy atom. The van der Waals surface area contributed by atoms with E-state index in [1.165, 1.54) is 5.56 Å². The van der Waals surface area contributed by atoms with Crippen LogP contribution in [0, 0.1) is 6.92 Å². The van der Waals surface area contributed by atoms with E-state index in [4.69, 9.17) is 9.15 Å². The number of rotatable bonds is 4. The van der Waals surface area contributed by atoms with Crippen LogP contribution >= 0.6 is 0 Å². The summed E-state index contributed by atoms with van der Waals surface area (Å²) < 4.78 is 13.4. The minimum absolute atomic E-state index is 0.297. The number of aryl methyl sites for hydroxylation is 2. The molecular weight excluding hydrogens is 302 g/mol. The molecule has 1 unspecified atom stereocenters. The van der Waals surface area contributed by atoms with E-state index in [-0.39, 0.29) is 0 Å². The Morgan fingerprint density at radius 1 is 1.25 bits per heavy atom. The van der Waals surface area contributed by atoms with Gasteiger partial charge in [-0.05, 0) is 37.1 Å². The molecule has 2 aromatic heterocycles. The molecule has 1 atom stereocenters.